The standard InChI is InChI=1S/C24H31N3O3S/c28-24(27(22-10-11-22)21-7-3-4-8-21)18-25-13-15-26(16-14-25)31(29,30)23-12-9-19-5-1-2-6-20(19)17-23/h1-2,5-6,9,12,17,21-22H,3-4,7-8,10-11,13-16,18H2. The molecule has 6 nitrogen and oxygen atoms in total. The molecule has 2 aromatic carbocycles. The lowest BCUT2D eigenvalue weighted by atomic mass is 10.1. The van der Waals surface area contributed by atoms with Crippen LogP contribution < -0.4 is 0 Å². The predicted octanol–water partition coefficient (Wildman–Crippen LogP) is 3.08. The fraction of sp³-hybridized carbons (Fsp3) is 0.542. The van der Waals surface area contributed by atoms with E-state index in [2.05, 4.69) is 9.80 Å². The molecule has 3 aliphatic rings. The number of piperazine rings is 1. The van der Waals surface area contributed by atoms with E-state index in [1.807, 2.05) is 30.3 Å². The molecule has 0 N–H and O–H groups in total. The number of hydrogen-bond donors (Lipinski definition) is 0. The van der Waals surface area contributed by atoms with E-state index in [0.717, 1.165) is 36.5 Å². The Bertz CT molecular complexity index is 1050. The van der Waals surface area contributed by atoms with Crippen LogP contribution in [0.25, 0.3) is 10.8 Å². The van der Waals surface area contributed by atoms with Gasteiger partial charge in [-0.25, -0.2) is 8.42 Å². The Morgan fingerprint density at radius 3 is 2.19 bits per heavy atom. The molecule has 2 aromatic rings. The number of fused-ring (bicyclic) bond motifs is 1. The molecule has 1 saturated heterocycles. The van der Waals surface area contributed by atoms with Crippen LogP contribution >= 0.6 is 0 Å². The largest absolute Gasteiger partial charge is 0.336 e. The number of carbonyl (C=O) groups excluding carboxylic acids is 1. The maximum absolute atomic E-state index is 13.2. The van der Waals surface area contributed by atoms with Gasteiger partial charge in [0.25, 0.3) is 0 Å². The molecule has 0 spiro atoms. The molecule has 0 atom stereocenters. The number of sulfonamides is 1. The molecule has 31 heavy (non-hydrogen) atoms. The summed E-state index contributed by atoms with van der Waals surface area (Å²) >= 11 is 0. The highest BCUT2D eigenvalue weighted by Crippen LogP contribution is 2.34. The van der Waals surface area contributed by atoms with Crippen molar-refractivity contribution in [3.8, 4) is 0 Å². The quantitative estimate of drug-likeness (QED) is 0.691. The van der Waals surface area contributed by atoms with Gasteiger partial charge in [0.05, 0.1) is 11.4 Å². The van der Waals surface area contributed by atoms with Crippen molar-refractivity contribution in [2.45, 2.75) is 55.5 Å². The molecule has 166 valence electrons. The fourth-order valence-electron chi connectivity index (χ4n) is 5.12. The van der Waals surface area contributed by atoms with Gasteiger partial charge in [-0.05, 0) is 48.6 Å². The van der Waals surface area contributed by atoms with Crippen molar-refractivity contribution in [1.29, 1.82) is 0 Å². The molecule has 2 saturated carbocycles. The van der Waals surface area contributed by atoms with Crippen molar-refractivity contribution in [2.24, 2.45) is 0 Å². The summed E-state index contributed by atoms with van der Waals surface area (Å²) in [5.74, 6) is 0.236. The zero-order valence-electron chi connectivity index (χ0n) is 17.9. The van der Waals surface area contributed by atoms with Crippen LogP contribution in [0.1, 0.15) is 38.5 Å². The first-order valence-electron chi connectivity index (χ1n) is 11.5. The van der Waals surface area contributed by atoms with E-state index >= 15 is 0 Å². The Morgan fingerprint density at radius 2 is 1.52 bits per heavy atom. The molecule has 1 aliphatic heterocycles. The van der Waals surface area contributed by atoms with Crippen molar-refractivity contribution in [2.75, 3.05) is 32.7 Å². The minimum absolute atomic E-state index is 0.236. The fourth-order valence-corrected chi connectivity index (χ4v) is 6.58. The average Bonchev–Trinajstić information content (AvgIpc) is 3.47. The second kappa shape index (κ2) is 8.52. The molecular weight excluding hydrogens is 410 g/mol. The van der Waals surface area contributed by atoms with Crippen molar-refractivity contribution >= 4 is 26.7 Å². The maximum atomic E-state index is 13.2. The summed E-state index contributed by atoms with van der Waals surface area (Å²) in [4.78, 5) is 17.7. The Hall–Kier alpha value is -1.96. The summed E-state index contributed by atoms with van der Waals surface area (Å²) in [6.45, 7) is 2.46. The van der Waals surface area contributed by atoms with Crippen LogP contribution in [0.2, 0.25) is 0 Å². The summed E-state index contributed by atoms with van der Waals surface area (Å²) in [6.07, 6.45) is 7.01. The molecule has 0 unspecified atom stereocenters. The number of carbonyl (C=O) groups is 1. The third-order valence-electron chi connectivity index (χ3n) is 7.00. The van der Waals surface area contributed by atoms with Gasteiger partial charge in [0, 0.05) is 38.3 Å². The van der Waals surface area contributed by atoms with E-state index in [0.29, 0.717) is 49.7 Å². The predicted molar refractivity (Wildman–Crippen MR) is 121 cm³/mol. The highest BCUT2D eigenvalue weighted by molar-refractivity contribution is 7.89. The Kier molecular flexibility index (Phi) is 5.75. The highest BCUT2D eigenvalue weighted by Gasteiger charge is 2.39. The Balaban J connectivity index is 1.21. The second-order valence-corrected chi connectivity index (χ2v) is 11.1. The first-order valence-corrected chi connectivity index (χ1v) is 13.0. The maximum Gasteiger partial charge on any atom is 0.243 e. The van der Waals surface area contributed by atoms with Crippen LogP contribution in [-0.4, -0.2) is 73.2 Å². The molecule has 0 aromatic heterocycles. The van der Waals surface area contributed by atoms with Crippen LogP contribution in [-0.2, 0) is 14.8 Å². The summed E-state index contributed by atoms with van der Waals surface area (Å²) in [5, 5.41) is 1.96. The van der Waals surface area contributed by atoms with Crippen LogP contribution in [0.4, 0.5) is 0 Å². The van der Waals surface area contributed by atoms with Gasteiger partial charge in [0.15, 0.2) is 0 Å². The van der Waals surface area contributed by atoms with Gasteiger partial charge in [-0.15, -0.1) is 0 Å². The van der Waals surface area contributed by atoms with E-state index in [9.17, 15) is 13.2 Å². The molecule has 1 heterocycles. The van der Waals surface area contributed by atoms with Crippen molar-refractivity contribution in [1.82, 2.24) is 14.1 Å². The van der Waals surface area contributed by atoms with E-state index in [1.54, 1.807) is 16.4 Å². The van der Waals surface area contributed by atoms with Gasteiger partial charge in [-0.2, -0.15) is 4.31 Å². The van der Waals surface area contributed by atoms with E-state index in [-0.39, 0.29) is 5.91 Å². The van der Waals surface area contributed by atoms with E-state index < -0.39 is 10.0 Å². The molecule has 0 bridgehead atoms. The smallest absolute Gasteiger partial charge is 0.243 e. The Morgan fingerprint density at radius 1 is 0.871 bits per heavy atom. The lowest BCUT2D eigenvalue weighted by Crippen LogP contribution is -2.52. The zero-order valence-corrected chi connectivity index (χ0v) is 18.8. The zero-order chi connectivity index (χ0) is 21.4. The summed E-state index contributed by atoms with van der Waals surface area (Å²) in [7, 11) is -3.53. The molecule has 0 radical (unpaired) electrons. The molecule has 2 aliphatic carbocycles. The molecule has 1 amide bonds. The molecular formula is C24H31N3O3S. The molecule has 5 rings (SSSR count). The number of rotatable bonds is 6. The van der Waals surface area contributed by atoms with Gasteiger partial charge >= 0.3 is 0 Å². The number of benzene rings is 2. The van der Waals surface area contributed by atoms with Crippen molar-refractivity contribution in [3.05, 3.63) is 42.5 Å². The minimum atomic E-state index is -3.53. The van der Waals surface area contributed by atoms with Crippen molar-refractivity contribution in [3.63, 3.8) is 0 Å². The van der Waals surface area contributed by atoms with E-state index in [4.69, 9.17) is 0 Å². The average molecular weight is 442 g/mol. The van der Waals surface area contributed by atoms with Gasteiger partial charge < -0.3 is 4.90 Å². The highest BCUT2D eigenvalue weighted by atomic mass is 32.2. The first-order chi connectivity index (χ1) is 15.0. The lowest BCUT2D eigenvalue weighted by Gasteiger charge is -2.36. The van der Waals surface area contributed by atoms with Gasteiger partial charge in [0.1, 0.15) is 0 Å². The SMILES string of the molecule is O=C(CN1CCN(S(=O)(=O)c2ccc3ccccc3c2)CC1)N(C1CCCC1)C1CC1. The summed E-state index contributed by atoms with van der Waals surface area (Å²) < 4.78 is 27.9. The molecule has 7 heteroatoms. The number of hydrogen-bond acceptors (Lipinski definition) is 4. The number of nitrogens with zero attached hydrogens (tertiary/aromatic N) is 3. The summed E-state index contributed by atoms with van der Waals surface area (Å²) in [5.41, 5.74) is 0. The minimum Gasteiger partial charge on any atom is -0.336 e. The molecule has 3 fully saturated rings. The van der Waals surface area contributed by atoms with Gasteiger partial charge in [-0.3, -0.25) is 9.69 Å². The van der Waals surface area contributed by atoms with Crippen LogP contribution in [0.3, 0.4) is 0 Å². The lowest BCUT2D eigenvalue weighted by molar-refractivity contribution is -0.135. The van der Waals surface area contributed by atoms with Crippen LogP contribution in [0, 0.1) is 0 Å². The third kappa shape index (κ3) is 4.36. The van der Waals surface area contributed by atoms with Crippen LogP contribution in [0.5, 0.6) is 0 Å². The van der Waals surface area contributed by atoms with E-state index in [1.165, 1.54) is 12.8 Å². The van der Waals surface area contributed by atoms with Gasteiger partial charge in [-0.1, -0.05) is 43.2 Å². The first kappa shape index (κ1) is 20.9. The number of amides is 1. The monoisotopic (exact) mass is 441 g/mol. The second-order valence-electron chi connectivity index (χ2n) is 9.16. The Labute approximate surface area is 184 Å². The normalized spacial score (nSPS) is 21.5. The van der Waals surface area contributed by atoms with Gasteiger partial charge in [0.2, 0.25) is 15.9 Å². The van der Waals surface area contributed by atoms with Crippen LogP contribution in [0.15, 0.2) is 47.4 Å². The van der Waals surface area contributed by atoms with Crippen molar-refractivity contribution < 1.29 is 13.2 Å². The third-order valence-corrected chi connectivity index (χ3v) is 8.89. The summed E-state index contributed by atoms with van der Waals surface area (Å²) in [6, 6.07) is 14.0. The topological polar surface area (TPSA) is 60.9 Å².